The third-order valence-corrected chi connectivity index (χ3v) is 2.30. The summed E-state index contributed by atoms with van der Waals surface area (Å²) in [7, 11) is 0. The minimum atomic E-state index is -4.38. The smallest absolute Gasteiger partial charge is 0.358 e. The van der Waals surface area contributed by atoms with E-state index < -0.39 is 18.4 Å². The molecule has 0 aliphatic heterocycles. The van der Waals surface area contributed by atoms with Crippen LogP contribution in [0.3, 0.4) is 0 Å². The van der Waals surface area contributed by atoms with Crippen molar-refractivity contribution in [2.24, 2.45) is 0 Å². The number of Topliss-reactive ketones (excluding diaryl/α,β-unsaturated/α-hetero) is 1. The Morgan fingerprint density at radius 2 is 1.64 bits per heavy atom. The summed E-state index contributed by atoms with van der Waals surface area (Å²) in [5.41, 5.74) is -1.27. The summed E-state index contributed by atoms with van der Waals surface area (Å²) >= 11 is 0. The van der Waals surface area contributed by atoms with Gasteiger partial charge in [0, 0.05) is 0 Å². The molecule has 14 heavy (non-hydrogen) atoms. The summed E-state index contributed by atoms with van der Waals surface area (Å²) in [6, 6.07) is 0. The topological polar surface area (TPSA) is 26.3 Å². The van der Waals surface area contributed by atoms with Crippen LogP contribution in [0.5, 0.6) is 0 Å². The van der Waals surface area contributed by atoms with Gasteiger partial charge in [0.05, 0.1) is 0 Å². The molecule has 0 N–H and O–H groups in total. The quantitative estimate of drug-likeness (QED) is 0.700. The molecule has 0 saturated heterocycles. The van der Waals surface area contributed by atoms with Crippen molar-refractivity contribution in [2.45, 2.75) is 45.4 Å². The molecule has 5 heteroatoms. The Kier molecular flexibility index (Phi) is 4.58. The molecular formula is C9H15F3O2. The average molecular weight is 212 g/mol. The van der Waals surface area contributed by atoms with E-state index in [-0.39, 0.29) is 18.6 Å². The van der Waals surface area contributed by atoms with Crippen LogP contribution in [0.15, 0.2) is 0 Å². The molecule has 0 heterocycles. The molecule has 0 aromatic carbocycles. The van der Waals surface area contributed by atoms with Gasteiger partial charge in [-0.15, -0.1) is 0 Å². The third-order valence-electron chi connectivity index (χ3n) is 2.30. The first-order chi connectivity index (χ1) is 6.27. The van der Waals surface area contributed by atoms with Gasteiger partial charge >= 0.3 is 6.18 Å². The van der Waals surface area contributed by atoms with Gasteiger partial charge in [0.2, 0.25) is 0 Å². The maximum atomic E-state index is 11.9. The van der Waals surface area contributed by atoms with Gasteiger partial charge in [-0.3, -0.25) is 4.79 Å². The normalized spacial score (nSPS) is 13.0. The lowest BCUT2D eigenvalue weighted by molar-refractivity contribution is -0.206. The number of rotatable bonds is 5. The van der Waals surface area contributed by atoms with Gasteiger partial charge < -0.3 is 4.74 Å². The van der Waals surface area contributed by atoms with Crippen LogP contribution in [-0.4, -0.2) is 24.2 Å². The zero-order valence-electron chi connectivity index (χ0n) is 8.57. The Bertz CT molecular complexity index is 195. The van der Waals surface area contributed by atoms with Crippen molar-refractivity contribution in [1.29, 1.82) is 0 Å². The van der Waals surface area contributed by atoms with Crippen LogP contribution < -0.4 is 0 Å². The molecule has 84 valence electrons. The predicted octanol–water partition coefficient (Wildman–Crippen LogP) is 2.71. The van der Waals surface area contributed by atoms with Crippen molar-refractivity contribution >= 4 is 5.78 Å². The number of hydrogen-bond donors (Lipinski definition) is 0. The van der Waals surface area contributed by atoms with E-state index >= 15 is 0 Å². The van der Waals surface area contributed by atoms with E-state index in [2.05, 4.69) is 4.74 Å². The molecule has 0 aromatic rings. The molecule has 0 bridgehead atoms. The molecule has 0 unspecified atom stereocenters. The molecule has 0 saturated carbocycles. The summed E-state index contributed by atoms with van der Waals surface area (Å²) in [4.78, 5) is 11.2. The highest BCUT2D eigenvalue weighted by Crippen LogP contribution is 2.25. The standard InChI is InChI=1S/C9H15F3O2/c1-4-8(5-2,7(3)13)14-6-9(10,11)12/h4-6H2,1-3H3. The Hall–Kier alpha value is -0.580. The molecule has 0 aromatic heterocycles. The largest absolute Gasteiger partial charge is 0.411 e. The lowest BCUT2D eigenvalue weighted by Crippen LogP contribution is -2.41. The highest BCUT2D eigenvalue weighted by atomic mass is 19.4. The van der Waals surface area contributed by atoms with Crippen LogP contribution in [0.25, 0.3) is 0 Å². The maximum Gasteiger partial charge on any atom is 0.411 e. The van der Waals surface area contributed by atoms with Gasteiger partial charge in [-0.05, 0) is 19.8 Å². The van der Waals surface area contributed by atoms with Gasteiger partial charge in [-0.1, -0.05) is 13.8 Å². The maximum absolute atomic E-state index is 11.9. The molecule has 0 aliphatic carbocycles. The Balaban J connectivity index is 4.45. The van der Waals surface area contributed by atoms with E-state index in [0.29, 0.717) is 0 Å². The lowest BCUT2D eigenvalue weighted by Gasteiger charge is -2.29. The molecule has 0 radical (unpaired) electrons. The average Bonchev–Trinajstić information content (AvgIpc) is 2.04. The van der Waals surface area contributed by atoms with E-state index in [4.69, 9.17) is 0 Å². The van der Waals surface area contributed by atoms with Crippen LogP contribution in [0.2, 0.25) is 0 Å². The van der Waals surface area contributed by atoms with Crippen LogP contribution in [0, 0.1) is 0 Å². The molecule has 2 nitrogen and oxygen atoms in total. The van der Waals surface area contributed by atoms with E-state index in [1.165, 1.54) is 6.92 Å². The summed E-state index contributed by atoms with van der Waals surface area (Å²) in [5, 5.41) is 0. The summed E-state index contributed by atoms with van der Waals surface area (Å²) in [6.45, 7) is 3.17. The first-order valence-corrected chi connectivity index (χ1v) is 4.49. The second-order valence-electron chi connectivity index (χ2n) is 3.16. The number of hydrogen-bond acceptors (Lipinski definition) is 2. The number of carbonyl (C=O) groups is 1. The number of alkyl halides is 3. The zero-order chi connectivity index (χ0) is 11.4. The molecule has 0 spiro atoms. The van der Waals surface area contributed by atoms with Crippen molar-refractivity contribution in [3.63, 3.8) is 0 Å². The first-order valence-electron chi connectivity index (χ1n) is 4.49. The Morgan fingerprint density at radius 3 is 1.86 bits per heavy atom. The minimum absolute atomic E-state index is 0.259. The molecule has 0 fully saturated rings. The van der Waals surface area contributed by atoms with Gasteiger partial charge in [0.1, 0.15) is 12.2 Å². The van der Waals surface area contributed by atoms with E-state index in [9.17, 15) is 18.0 Å². The van der Waals surface area contributed by atoms with Gasteiger partial charge in [0.25, 0.3) is 0 Å². The number of halogens is 3. The summed E-state index contributed by atoms with van der Waals surface area (Å²) in [5.74, 6) is -0.355. The zero-order valence-corrected chi connectivity index (χ0v) is 8.57. The van der Waals surface area contributed by atoms with Crippen molar-refractivity contribution in [2.75, 3.05) is 6.61 Å². The van der Waals surface area contributed by atoms with Crippen molar-refractivity contribution in [3.05, 3.63) is 0 Å². The number of ketones is 1. The lowest BCUT2D eigenvalue weighted by atomic mass is 9.93. The van der Waals surface area contributed by atoms with Gasteiger partial charge in [-0.25, -0.2) is 0 Å². The summed E-state index contributed by atoms with van der Waals surface area (Å²) < 4.78 is 40.3. The van der Waals surface area contributed by atoms with Crippen LogP contribution in [0.4, 0.5) is 13.2 Å². The van der Waals surface area contributed by atoms with Crippen LogP contribution >= 0.6 is 0 Å². The highest BCUT2D eigenvalue weighted by Gasteiger charge is 2.38. The Morgan fingerprint density at radius 1 is 1.21 bits per heavy atom. The Labute approximate surface area is 81.4 Å². The van der Waals surface area contributed by atoms with Crippen LogP contribution in [0.1, 0.15) is 33.6 Å². The van der Waals surface area contributed by atoms with Crippen molar-refractivity contribution < 1.29 is 22.7 Å². The molecule has 0 atom stereocenters. The summed E-state index contributed by atoms with van der Waals surface area (Å²) in [6.07, 6.45) is -3.87. The first kappa shape index (κ1) is 13.4. The number of ether oxygens (including phenoxy) is 1. The minimum Gasteiger partial charge on any atom is -0.358 e. The second kappa shape index (κ2) is 4.77. The molecule has 0 amide bonds. The highest BCUT2D eigenvalue weighted by molar-refractivity contribution is 5.84. The third kappa shape index (κ3) is 3.65. The van der Waals surface area contributed by atoms with E-state index in [1.807, 2.05) is 0 Å². The predicted molar refractivity (Wildman–Crippen MR) is 46.0 cm³/mol. The molecule has 0 rings (SSSR count). The van der Waals surface area contributed by atoms with E-state index in [1.54, 1.807) is 13.8 Å². The van der Waals surface area contributed by atoms with Crippen LogP contribution in [-0.2, 0) is 9.53 Å². The fraction of sp³-hybridized carbons (Fsp3) is 0.889. The fourth-order valence-corrected chi connectivity index (χ4v) is 1.27. The monoisotopic (exact) mass is 212 g/mol. The second-order valence-corrected chi connectivity index (χ2v) is 3.16. The molecule has 0 aliphatic rings. The fourth-order valence-electron chi connectivity index (χ4n) is 1.27. The van der Waals surface area contributed by atoms with Crippen molar-refractivity contribution in [1.82, 2.24) is 0 Å². The van der Waals surface area contributed by atoms with Gasteiger partial charge in [0.15, 0.2) is 5.78 Å². The number of carbonyl (C=O) groups excluding carboxylic acids is 1. The van der Waals surface area contributed by atoms with Crippen molar-refractivity contribution in [3.8, 4) is 0 Å². The van der Waals surface area contributed by atoms with Gasteiger partial charge in [-0.2, -0.15) is 13.2 Å². The van der Waals surface area contributed by atoms with E-state index in [0.717, 1.165) is 0 Å². The SMILES string of the molecule is CCC(CC)(OCC(F)(F)F)C(C)=O. The molecular weight excluding hydrogens is 197 g/mol.